The smallest absolute Gasteiger partial charge is 0.416 e. The molecule has 0 saturated carbocycles. The molecule has 0 bridgehead atoms. The predicted octanol–water partition coefficient (Wildman–Crippen LogP) is 6.55. The van der Waals surface area contributed by atoms with Gasteiger partial charge in [-0.2, -0.15) is 13.2 Å². The van der Waals surface area contributed by atoms with Gasteiger partial charge in [-0.15, -0.1) is 0 Å². The molecule has 0 aliphatic rings. The molecule has 1 amide bonds. The van der Waals surface area contributed by atoms with Crippen molar-refractivity contribution in [3.63, 3.8) is 0 Å². The second-order valence-corrected chi connectivity index (χ2v) is 7.44. The molecule has 4 rings (SSSR count). The van der Waals surface area contributed by atoms with Crippen molar-refractivity contribution in [2.75, 3.05) is 5.32 Å². The Balaban J connectivity index is 1.84. The number of anilines is 1. The van der Waals surface area contributed by atoms with Crippen molar-refractivity contribution in [3.8, 4) is 0 Å². The molecule has 1 N–H and O–H groups in total. The van der Waals surface area contributed by atoms with E-state index in [1.165, 1.54) is 12.1 Å². The van der Waals surface area contributed by atoms with Gasteiger partial charge in [0, 0.05) is 11.1 Å². The Morgan fingerprint density at radius 3 is 2.47 bits per heavy atom. The van der Waals surface area contributed by atoms with E-state index in [-0.39, 0.29) is 16.8 Å². The third kappa shape index (κ3) is 4.56. The van der Waals surface area contributed by atoms with Crippen LogP contribution in [0.2, 0.25) is 0 Å². The molecule has 0 aliphatic heterocycles. The maximum Gasteiger partial charge on any atom is 0.416 e. The second-order valence-electron chi connectivity index (χ2n) is 7.44. The van der Waals surface area contributed by atoms with E-state index in [1.54, 1.807) is 36.4 Å². The van der Waals surface area contributed by atoms with E-state index in [9.17, 15) is 18.0 Å². The van der Waals surface area contributed by atoms with Crippen molar-refractivity contribution in [1.29, 1.82) is 0 Å². The number of carbonyl (C=O) groups excluding carboxylic acids is 1. The Kier molecular flexibility index (Phi) is 5.57. The summed E-state index contributed by atoms with van der Waals surface area (Å²) in [7, 11) is 0. The minimum absolute atomic E-state index is 0.0272. The first-order valence-electron chi connectivity index (χ1n) is 9.84. The number of nitrogens with zero attached hydrogens (tertiary/aromatic N) is 1. The highest BCUT2D eigenvalue weighted by molar-refractivity contribution is 6.05. The van der Waals surface area contributed by atoms with Gasteiger partial charge >= 0.3 is 6.18 Å². The van der Waals surface area contributed by atoms with Crippen LogP contribution in [0.1, 0.15) is 27.0 Å². The first-order chi connectivity index (χ1) is 15.2. The summed E-state index contributed by atoms with van der Waals surface area (Å²) in [5, 5.41) is 3.51. The molecule has 32 heavy (non-hydrogen) atoms. The largest absolute Gasteiger partial charge is 0.438 e. The average molecular weight is 436 g/mol. The van der Waals surface area contributed by atoms with E-state index in [1.807, 2.05) is 26.0 Å². The fourth-order valence-corrected chi connectivity index (χ4v) is 3.33. The zero-order valence-corrected chi connectivity index (χ0v) is 17.3. The van der Waals surface area contributed by atoms with E-state index >= 15 is 0 Å². The number of nitrogens with one attached hydrogen (secondary N) is 1. The van der Waals surface area contributed by atoms with Crippen LogP contribution < -0.4 is 10.9 Å². The van der Waals surface area contributed by atoms with Crippen molar-refractivity contribution in [2.45, 2.75) is 20.0 Å². The van der Waals surface area contributed by atoms with Gasteiger partial charge in [0.15, 0.2) is 0 Å². The fraction of sp³-hybridized carbons (Fsp3) is 0.120. The average Bonchev–Trinajstić information content (AvgIpc) is 2.75. The van der Waals surface area contributed by atoms with Gasteiger partial charge in [0.05, 0.1) is 11.3 Å². The number of carbonyl (C=O) groups is 1. The van der Waals surface area contributed by atoms with E-state index in [0.29, 0.717) is 16.7 Å². The number of halogens is 3. The number of rotatable bonds is 3. The Morgan fingerprint density at radius 2 is 1.72 bits per heavy atom. The molecule has 4 nitrogen and oxygen atoms in total. The first-order valence-corrected chi connectivity index (χ1v) is 9.84. The molecular formula is C25H19F3N2O2. The molecule has 7 heteroatoms. The number of fused-ring (bicyclic) bond motifs is 1. The highest BCUT2D eigenvalue weighted by Crippen LogP contribution is 2.31. The summed E-state index contributed by atoms with van der Waals surface area (Å²) >= 11 is 0. The summed E-state index contributed by atoms with van der Waals surface area (Å²) in [5.41, 5.74) is 2.25. The number of aryl methyl sites for hydroxylation is 2. The molecule has 1 heterocycles. The van der Waals surface area contributed by atoms with Crippen LogP contribution in [0, 0.1) is 13.8 Å². The molecule has 0 spiro atoms. The van der Waals surface area contributed by atoms with Crippen LogP contribution in [0.4, 0.5) is 24.5 Å². The van der Waals surface area contributed by atoms with Crippen molar-refractivity contribution in [3.05, 3.63) is 101 Å². The monoisotopic (exact) mass is 436 g/mol. The van der Waals surface area contributed by atoms with Gasteiger partial charge < -0.3 is 9.73 Å². The van der Waals surface area contributed by atoms with Gasteiger partial charge in [-0.25, -0.2) is 4.99 Å². The molecule has 0 unspecified atom stereocenters. The number of alkyl halides is 3. The Morgan fingerprint density at radius 1 is 0.938 bits per heavy atom. The summed E-state index contributed by atoms with van der Waals surface area (Å²) in [6.45, 7) is 3.83. The van der Waals surface area contributed by atoms with Crippen molar-refractivity contribution in [2.24, 2.45) is 4.99 Å². The topological polar surface area (TPSA) is 54.6 Å². The summed E-state index contributed by atoms with van der Waals surface area (Å²) in [4.78, 5) is 17.4. The SMILES string of the molecule is Cc1ccc(NC(=O)c2cc3ccccc3oc2=Nc2cccc(C(F)(F)F)c2)c(C)c1. The molecule has 3 aromatic carbocycles. The van der Waals surface area contributed by atoms with Gasteiger partial charge in [0.1, 0.15) is 11.1 Å². The highest BCUT2D eigenvalue weighted by Gasteiger charge is 2.30. The quantitative estimate of drug-likeness (QED) is 0.396. The van der Waals surface area contributed by atoms with Crippen LogP contribution in [0.25, 0.3) is 11.0 Å². The third-order valence-electron chi connectivity index (χ3n) is 4.93. The standard InChI is InChI=1S/C25H19F3N2O2/c1-15-10-11-21(16(2)12-15)30-23(31)20-13-17-6-3-4-9-22(17)32-24(20)29-19-8-5-7-18(14-19)25(26,27)28/h3-14H,1-2H3,(H,30,31). The Bertz CT molecular complexity index is 1390. The number of hydrogen-bond acceptors (Lipinski definition) is 3. The van der Waals surface area contributed by atoms with Crippen LogP contribution in [0.5, 0.6) is 0 Å². The van der Waals surface area contributed by atoms with Crippen LogP contribution in [-0.4, -0.2) is 5.91 Å². The lowest BCUT2D eigenvalue weighted by molar-refractivity contribution is -0.137. The van der Waals surface area contributed by atoms with Crippen molar-refractivity contribution < 1.29 is 22.4 Å². The van der Waals surface area contributed by atoms with Gasteiger partial charge in [-0.1, -0.05) is 42.0 Å². The van der Waals surface area contributed by atoms with Crippen LogP contribution in [0.3, 0.4) is 0 Å². The number of amides is 1. The molecule has 0 saturated heterocycles. The molecule has 0 radical (unpaired) electrons. The molecule has 4 aromatic rings. The molecule has 162 valence electrons. The first kappa shape index (κ1) is 21.4. The fourth-order valence-electron chi connectivity index (χ4n) is 3.33. The summed E-state index contributed by atoms with van der Waals surface area (Å²) in [6.07, 6.45) is -4.50. The molecular weight excluding hydrogens is 417 g/mol. The lowest BCUT2D eigenvalue weighted by Gasteiger charge is -2.10. The molecule has 0 atom stereocenters. The summed E-state index contributed by atoms with van der Waals surface area (Å²) in [6, 6.07) is 18.8. The number of benzene rings is 3. The molecule has 1 aromatic heterocycles. The van der Waals surface area contributed by atoms with Crippen LogP contribution in [0.15, 0.2) is 82.2 Å². The molecule has 0 fully saturated rings. The number of hydrogen-bond donors (Lipinski definition) is 1. The predicted molar refractivity (Wildman–Crippen MR) is 117 cm³/mol. The van der Waals surface area contributed by atoms with E-state index in [0.717, 1.165) is 23.3 Å². The highest BCUT2D eigenvalue weighted by atomic mass is 19.4. The van der Waals surface area contributed by atoms with E-state index in [4.69, 9.17) is 4.42 Å². The summed E-state index contributed by atoms with van der Waals surface area (Å²) < 4.78 is 45.1. The van der Waals surface area contributed by atoms with Gasteiger partial charge in [-0.05, 0) is 55.8 Å². The number of para-hydroxylation sites is 1. The van der Waals surface area contributed by atoms with Crippen LogP contribution >= 0.6 is 0 Å². The van der Waals surface area contributed by atoms with E-state index < -0.39 is 17.6 Å². The Hall–Kier alpha value is -3.87. The van der Waals surface area contributed by atoms with Gasteiger partial charge in [0.25, 0.3) is 5.91 Å². The van der Waals surface area contributed by atoms with Gasteiger partial charge in [0.2, 0.25) is 5.55 Å². The minimum atomic E-state index is -4.50. The third-order valence-corrected chi connectivity index (χ3v) is 4.93. The van der Waals surface area contributed by atoms with Crippen molar-refractivity contribution >= 4 is 28.3 Å². The zero-order chi connectivity index (χ0) is 22.9. The maximum atomic E-state index is 13.1. The summed E-state index contributed by atoms with van der Waals surface area (Å²) in [5.74, 6) is -0.475. The van der Waals surface area contributed by atoms with Gasteiger partial charge in [-0.3, -0.25) is 4.79 Å². The van der Waals surface area contributed by atoms with E-state index in [2.05, 4.69) is 10.3 Å². The minimum Gasteiger partial charge on any atom is -0.438 e. The zero-order valence-electron chi connectivity index (χ0n) is 17.3. The lowest BCUT2D eigenvalue weighted by atomic mass is 10.1. The maximum absolute atomic E-state index is 13.1. The lowest BCUT2D eigenvalue weighted by Crippen LogP contribution is -2.22. The second kappa shape index (κ2) is 8.34. The van der Waals surface area contributed by atoms with Crippen molar-refractivity contribution in [1.82, 2.24) is 0 Å². The Labute approximate surface area is 182 Å². The molecule has 0 aliphatic carbocycles. The van der Waals surface area contributed by atoms with Crippen LogP contribution in [-0.2, 0) is 6.18 Å². The normalized spacial score (nSPS) is 12.2.